The van der Waals surface area contributed by atoms with E-state index >= 15 is 0 Å². The fourth-order valence-electron chi connectivity index (χ4n) is 6.05. The lowest BCUT2D eigenvalue weighted by atomic mass is 9.91. The minimum atomic E-state index is -0.0449. The van der Waals surface area contributed by atoms with Crippen molar-refractivity contribution in [1.29, 1.82) is 0 Å². The van der Waals surface area contributed by atoms with Crippen molar-refractivity contribution in [2.45, 2.75) is 31.6 Å². The van der Waals surface area contributed by atoms with Gasteiger partial charge in [-0.05, 0) is 88.1 Å². The first kappa shape index (κ1) is 26.8. The summed E-state index contributed by atoms with van der Waals surface area (Å²) >= 11 is 0. The maximum atomic E-state index is 13.0. The van der Waals surface area contributed by atoms with Crippen LogP contribution >= 0.6 is 0 Å². The molecule has 3 aliphatic heterocycles. The molecule has 4 heterocycles. The number of anilines is 2. The predicted octanol–water partition coefficient (Wildman–Crippen LogP) is 4.60. The largest absolute Gasteiger partial charge is 0.493 e. The van der Waals surface area contributed by atoms with Gasteiger partial charge in [0.2, 0.25) is 0 Å². The summed E-state index contributed by atoms with van der Waals surface area (Å²) in [6.45, 7) is 7.76. The number of amides is 2. The van der Waals surface area contributed by atoms with Crippen molar-refractivity contribution < 1.29 is 14.3 Å². The maximum Gasteiger partial charge on any atom is 0.321 e. The van der Waals surface area contributed by atoms with Gasteiger partial charge in [-0.25, -0.2) is 14.8 Å². The molecule has 9 heteroatoms. The number of piperidine rings is 2. The number of nitrogens with one attached hydrogen (secondary N) is 1. The summed E-state index contributed by atoms with van der Waals surface area (Å²) < 4.78 is 11.6. The van der Waals surface area contributed by atoms with E-state index in [2.05, 4.69) is 56.4 Å². The van der Waals surface area contributed by atoms with Crippen LogP contribution in [0.3, 0.4) is 0 Å². The molecule has 2 aromatic carbocycles. The zero-order chi connectivity index (χ0) is 27.3. The van der Waals surface area contributed by atoms with Crippen molar-refractivity contribution in [3.63, 3.8) is 0 Å². The van der Waals surface area contributed by atoms with Crippen LogP contribution in [0.25, 0.3) is 10.9 Å². The van der Waals surface area contributed by atoms with Gasteiger partial charge in [-0.3, -0.25) is 0 Å². The summed E-state index contributed by atoms with van der Waals surface area (Å²) in [5.74, 6) is 1.79. The topological polar surface area (TPSA) is 83.1 Å². The monoisotopic (exact) mass is 544 g/mol. The molecule has 3 saturated heterocycles. The van der Waals surface area contributed by atoms with Gasteiger partial charge >= 0.3 is 6.03 Å². The summed E-state index contributed by atoms with van der Waals surface area (Å²) in [5.41, 5.74) is 3.98. The molecule has 1 aromatic heterocycles. The smallest absolute Gasteiger partial charge is 0.321 e. The Bertz CT molecular complexity index is 1280. The number of carbonyl (C=O) groups is 1. The van der Waals surface area contributed by atoms with E-state index in [1.54, 1.807) is 6.33 Å². The maximum absolute atomic E-state index is 13.0. The third kappa shape index (κ3) is 6.31. The van der Waals surface area contributed by atoms with Crippen LogP contribution in [0.5, 0.6) is 5.75 Å². The normalized spacial score (nSPS) is 19.6. The van der Waals surface area contributed by atoms with E-state index in [1.807, 2.05) is 23.1 Å². The zero-order valence-corrected chi connectivity index (χ0v) is 23.4. The summed E-state index contributed by atoms with van der Waals surface area (Å²) in [6, 6.07) is 14.3. The van der Waals surface area contributed by atoms with Crippen molar-refractivity contribution in [3.8, 4) is 5.75 Å². The average molecular weight is 545 g/mol. The molecule has 1 N–H and O–H groups in total. The highest BCUT2D eigenvalue weighted by atomic mass is 16.5. The second kappa shape index (κ2) is 12.4. The van der Waals surface area contributed by atoms with Gasteiger partial charge in [0.05, 0.1) is 31.0 Å². The molecule has 2 amide bonds. The summed E-state index contributed by atoms with van der Waals surface area (Å²) in [6.07, 6.45) is 5.80. The van der Waals surface area contributed by atoms with Crippen LogP contribution in [0, 0.1) is 5.92 Å². The number of fused-ring (bicyclic) bond motifs is 1. The fraction of sp³-hybridized carbons (Fsp3) is 0.516. The lowest BCUT2D eigenvalue weighted by molar-refractivity contribution is 0.122. The highest BCUT2D eigenvalue weighted by molar-refractivity contribution is 5.89. The minimum absolute atomic E-state index is 0.0449. The molecule has 0 spiro atoms. The Morgan fingerprint density at radius 1 is 0.950 bits per heavy atom. The Hall–Kier alpha value is -3.43. The van der Waals surface area contributed by atoms with Gasteiger partial charge in [-0.15, -0.1) is 0 Å². The van der Waals surface area contributed by atoms with E-state index in [1.165, 1.54) is 12.8 Å². The molecule has 3 aliphatic rings. The molecule has 212 valence electrons. The van der Waals surface area contributed by atoms with E-state index in [9.17, 15) is 4.79 Å². The second-order valence-electron chi connectivity index (χ2n) is 11.3. The van der Waals surface area contributed by atoms with Gasteiger partial charge in [-0.1, -0.05) is 0 Å². The summed E-state index contributed by atoms with van der Waals surface area (Å²) in [5, 5.41) is 4.15. The molecule has 0 unspecified atom stereocenters. The Kier molecular flexibility index (Phi) is 8.29. The van der Waals surface area contributed by atoms with Crippen LogP contribution in [-0.2, 0) is 4.74 Å². The fourth-order valence-corrected chi connectivity index (χ4v) is 6.05. The molecular formula is C31H40N6O3. The molecule has 0 aliphatic carbocycles. The number of rotatable bonds is 6. The quantitative estimate of drug-likeness (QED) is 0.486. The SMILES string of the molecule is CN1CCC(COc2ccc3c(C4CCN(C(=O)Nc5ccc(N6CCOCC6)cc5)CC4)ncnc3c2)CC1. The first-order chi connectivity index (χ1) is 19.6. The van der Waals surface area contributed by atoms with Crippen LogP contribution < -0.4 is 15.0 Å². The lowest BCUT2D eigenvalue weighted by Crippen LogP contribution is -2.40. The zero-order valence-electron chi connectivity index (χ0n) is 23.4. The minimum Gasteiger partial charge on any atom is -0.493 e. The van der Waals surface area contributed by atoms with E-state index in [4.69, 9.17) is 9.47 Å². The Morgan fingerprint density at radius 3 is 2.45 bits per heavy atom. The van der Waals surface area contributed by atoms with Crippen molar-refractivity contribution in [2.75, 3.05) is 76.4 Å². The van der Waals surface area contributed by atoms with Gasteiger partial charge in [0.25, 0.3) is 0 Å². The van der Waals surface area contributed by atoms with Crippen molar-refractivity contribution in [2.24, 2.45) is 5.92 Å². The summed E-state index contributed by atoms with van der Waals surface area (Å²) in [4.78, 5) is 28.8. The standard InChI is InChI=1S/C31H40N6O3/c1-35-12-8-23(9-13-35)21-40-27-6-7-28-29(20-27)32-22-33-30(28)24-10-14-37(15-11-24)31(38)34-25-2-4-26(5-3-25)36-16-18-39-19-17-36/h2-7,20,22-24H,8-19,21H2,1H3,(H,34,38). The van der Waals surface area contributed by atoms with Gasteiger partial charge in [0.1, 0.15) is 12.1 Å². The molecular weight excluding hydrogens is 504 g/mol. The molecule has 9 nitrogen and oxygen atoms in total. The van der Waals surface area contributed by atoms with Crippen LogP contribution in [0.15, 0.2) is 48.8 Å². The third-order valence-corrected chi connectivity index (χ3v) is 8.63. The number of nitrogens with zero attached hydrogens (tertiary/aromatic N) is 5. The van der Waals surface area contributed by atoms with Crippen molar-refractivity contribution >= 4 is 28.3 Å². The predicted molar refractivity (Wildman–Crippen MR) is 157 cm³/mol. The number of morpholine rings is 1. The molecule has 0 saturated carbocycles. The number of hydrogen-bond donors (Lipinski definition) is 1. The molecule has 0 atom stereocenters. The lowest BCUT2D eigenvalue weighted by Gasteiger charge is -2.32. The van der Waals surface area contributed by atoms with Crippen LogP contribution in [0.4, 0.5) is 16.2 Å². The average Bonchev–Trinajstić information content (AvgIpc) is 3.01. The van der Waals surface area contributed by atoms with Gasteiger partial charge < -0.3 is 29.5 Å². The molecule has 0 bridgehead atoms. The first-order valence-corrected chi connectivity index (χ1v) is 14.7. The highest BCUT2D eigenvalue weighted by Crippen LogP contribution is 2.33. The van der Waals surface area contributed by atoms with E-state index in [0.29, 0.717) is 24.9 Å². The molecule has 3 aromatic rings. The number of likely N-dealkylation sites (tertiary alicyclic amines) is 2. The second-order valence-corrected chi connectivity index (χ2v) is 11.3. The number of carbonyl (C=O) groups excluding carboxylic acids is 1. The number of benzene rings is 2. The Morgan fingerprint density at radius 2 is 1.70 bits per heavy atom. The summed E-state index contributed by atoms with van der Waals surface area (Å²) in [7, 11) is 2.18. The number of aromatic nitrogens is 2. The van der Waals surface area contributed by atoms with Gasteiger partial charge in [0, 0.05) is 54.9 Å². The highest BCUT2D eigenvalue weighted by Gasteiger charge is 2.26. The first-order valence-electron chi connectivity index (χ1n) is 14.7. The Balaban J connectivity index is 1.02. The molecule has 6 rings (SSSR count). The van der Waals surface area contributed by atoms with Crippen LogP contribution in [0.1, 0.15) is 37.3 Å². The Labute approximate surface area is 236 Å². The number of ether oxygens (including phenoxy) is 2. The number of urea groups is 1. The van der Waals surface area contributed by atoms with E-state index in [0.717, 1.165) is 92.6 Å². The number of hydrogen-bond acceptors (Lipinski definition) is 7. The molecule has 3 fully saturated rings. The van der Waals surface area contributed by atoms with Crippen LogP contribution in [-0.4, -0.2) is 91.9 Å². The molecule has 0 radical (unpaired) electrons. The van der Waals surface area contributed by atoms with Gasteiger partial charge in [-0.2, -0.15) is 0 Å². The van der Waals surface area contributed by atoms with Gasteiger partial charge in [0.15, 0.2) is 0 Å². The van der Waals surface area contributed by atoms with Crippen molar-refractivity contribution in [3.05, 3.63) is 54.5 Å². The van der Waals surface area contributed by atoms with E-state index in [-0.39, 0.29) is 6.03 Å². The molecule has 40 heavy (non-hydrogen) atoms. The van der Waals surface area contributed by atoms with Crippen LogP contribution in [0.2, 0.25) is 0 Å². The third-order valence-electron chi connectivity index (χ3n) is 8.63. The van der Waals surface area contributed by atoms with E-state index < -0.39 is 0 Å². The van der Waals surface area contributed by atoms with Crippen molar-refractivity contribution in [1.82, 2.24) is 19.8 Å².